The molecule has 0 aliphatic carbocycles. The average molecular weight is 247 g/mol. The smallest absolute Gasteiger partial charge is 0.0720 e. The van der Waals surface area contributed by atoms with E-state index in [0.717, 1.165) is 18.7 Å². The van der Waals surface area contributed by atoms with Crippen LogP contribution in [0.4, 0.5) is 0 Å². The molecule has 2 fully saturated rings. The lowest BCUT2D eigenvalue weighted by molar-refractivity contribution is 0.00917. The third kappa shape index (κ3) is 3.56. The van der Waals surface area contributed by atoms with Crippen molar-refractivity contribution in [2.24, 2.45) is 0 Å². The van der Waals surface area contributed by atoms with Crippen LogP contribution in [0.2, 0.25) is 0 Å². The van der Waals surface area contributed by atoms with Crippen LogP contribution in [0.3, 0.4) is 0 Å². The third-order valence-corrected chi connectivity index (χ3v) is 3.76. The van der Waals surface area contributed by atoms with Crippen molar-refractivity contribution >= 4 is 0 Å². The van der Waals surface area contributed by atoms with Gasteiger partial charge in [-0.3, -0.25) is 0 Å². The second-order valence-corrected chi connectivity index (χ2v) is 5.03. The van der Waals surface area contributed by atoms with Crippen LogP contribution < -0.4 is 5.32 Å². The van der Waals surface area contributed by atoms with E-state index in [1.54, 1.807) is 0 Å². The molecule has 0 saturated carbocycles. The first kappa shape index (κ1) is 13.6. The van der Waals surface area contributed by atoms with Crippen molar-refractivity contribution < 1.29 is 4.74 Å². The number of piperidine rings is 1. The summed E-state index contributed by atoms with van der Waals surface area (Å²) in [5.41, 5.74) is 1.29. The first-order valence-electron chi connectivity index (χ1n) is 7.32. The molecular weight excluding hydrogens is 222 g/mol. The van der Waals surface area contributed by atoms with Crippen molar-refractivity contribution in [1.29, 1.82) is 0 Å². The van der Waals surface area contributed by atoms with E-state index >= 15 is 0 Å². The fourth-order valence-electron chi connectivity index (χ4n) is 2.93. The van der Waals surface area contributed by atoms with Crippen LogP contribution in [0.15, 0.2) is 30.3 Å². The largest absolute Gasteiger partial charge is 0.373 e. The van der Waals surface area contributed by atoms with Gasteiger partial charge in [0.25, 0.3) is 0 Å². The molecule has 2 saturated heterocycles. The van der Waals surface area contributed by atoms with Gasteiger partial charge < -0.3 is 10.1 Å². The van der Waals surface area contributed by atoms with Gasteiger partial charge in [-0.1, -0.05) is 44.2 Å². The van der Waals surface area contributed by atoms with Gasteiger partial charge in [0.05, 0.1) is 12.7 Å². The van der Waals surface area contributed by atoms with Gasteiger partial charge in [0.15, 0.2) is 0 Å². The molecule has 1 aromatic carbocycles. The van der Waals surface area contributed by atoms with Gasteiger partial charge in [-0.15, -0.1) is 0 Å². The standard InChI is InChI=1S/C14H19NO.C2H6/c1-2-4-11(5-3-1)10-16-14-8-12-6-7-13(9-14)15-12;1-2/h1-5,12-15H,6-10H2;1-2H3. The Morgan fingerprint density at radius 1 is 1.06 bits per heavy atom. The van der Waals surface area contributed by atoms with Crippen molar-refractivity contribution in [1.82, 2.24) is 5.32 Å². The van der Waals surface area contributed by atoms with Crippen LogP contribution in [0, 0.1) is 0 Å². The van der Waals surface area contributed by atoms with E-state index in [4.69, 9.17) is 4.74 Å². The summed E-state index contributed by atoms with van der Waals surface area (Å²) in [5.74, 6) is 0. The summed E-state index contributed by atoms with van der Waals surface area (Å²) < 4.78 is 6.01. The molecule has 0 spiro atoms. The highest BCUT2D eigenvalue weighted by molar-refractivity contribution is 5.13. The second kappa shape index (κ2) is 6.91. The number of fused-ring (bicyclic) bond motifs is 2. The number of ether oxygens (including phenoxy) is 1. The van der Waals surface area contributed by atoms with Crippen LogP contribution >= 0.6 is 0 Å². The van der Waals surface area contributed by atoms with Crippen LogP contribution in [-0.2, 0) is 11.3 Å². The SMILES string of the molecule is CC.c1ccc(COC2CC3CCC(C2)N3)cc1. The highest BCUT2D eigenvalue weighted by Crippen LogP contribution is 2.28. The normalized spacial score (nSPS) is 29.6. The monoisotopic (exact) mass is 247 g/mol. The van der Waals surface area contributed by atoms with Crippen molar-refractivity contribution in [2.45, 2.75) is 64.3 Å². The lowest BCUT2D eigenvalue weighted by atomic mass is 10.0. The van der Waals surface area contributed by atoms with Crippen molar-refractivity contribution in [3.05, 3.63) is 35.9 Å². The van der Waals surface area contributed by atoms with E-state index in [9.17, 15) is 0 Å². The molecule has 18 heavy (non-hydrogen) atoms. The molecule has 0 amide bonds. The second-order valence-electron chi connectivity index (χ2n) is 5.03. The quantitative estimate of drug-likeness (QED) is 0.882. The molecule has 2 atom stereocenters. The molecule has 2 bridgehead atoms. The first-order valence-corrected chi connectivity index (χ1v) is 7.32. The minimum absolute atomic E-state index is 0.471. The van der Waals surface area contributed by atoms with Gasteiger partial charge in [0, 0.05) is 12.1 Å². The number of hydrogen-bond donors (Lipinski definition) is 1. The lowest BCUT2D eigenvalue weighted by Gasteiger charge is -2.29. The molecule has 2 aliphatic rings. The fourth-order valence-corrected chi connectivity index (χ4v) is 2.93. The Labute approximate surface area is 111 Å². The maximum Gasteiger partial charge on any atom is 0.0720 e. The summed E-state index contributed by atoms with van der Waals surface area (Å²) in [4.78, 5) is 0. The Balaban J connectivity index is 0.000000574. The fraction of sp³-hybridized carbons (Fsp3) is 0.625. The molecular formula is C16H25NO. The summed E-state index contributed by atoms with van der Waals surface area (Å²) >= 11 is 0. The van der Waals surface area contributed by atoms with Crippen molar-refractivity contribution in [3.8, 4) is 0 Å². The Morgan fingerprint density at radius 2 is 1.67 bits per heavy atom. The summed E-state index contributed by atoms with van der Waals surface area (Å²) in [7, 11) is 0. The van der Waals surface area contributed by atoms with E-state index in [1.807, 2.05) is 19.9 Å². The lowest BCUT2D eigenvalue weighted by Crippen LogP contribution is -2.41. The van der Waals surface area contributed by atoms with Crippen LogP contribution in [-0.4, -0.2) is 18.2 Å². The molecule has 2 heterocycles. The topological polar surface area (TPSA) is 21.3 Å². The van der Waals surface area contributed by atoms with Crippen LogP contribution in [0.25, 0.3) is 0 Å². The summed E-state index contributed by atoms with van der Waals surface area (Å²) in [6.45, 7) is 4.77. The predicted molar refractivity (Wildman–Crippen MR) is 75.5 cm³/mol. The molecule has 2 unspecified atom stereocenters. The molecule has 2 aliphatic heterocycles. The number of hydrogen-bond acceptors (Lipinski definition) is 2. The molecule has 0 aromatic heterocycles. The van der Waals surface area contributed by atoms with Crippen LogP contribution in [0.5, 0.6) is 0 Å². The molecule has 1 aromatic rings. The maximum absolute atomic E-state index is 6.01. The van der Waals surface area contributed by atoms with E-state index < -0.39 is 0 Å². The maximum atomic E-state index is 6.01. The van der Waals surface area contributed by atoms with Crippen molar-refractivity contribution in [2.75, 3.05) is 0 Å². The first-order chi connectivity index (χ1) is 8.90. The van der Waals surface area contributed by atoms with Gasteiger partial charge in [0.1, 0.15) is 0 Å². The zero-order chi connectivity index (χ0) is 12.8. The van der Waals surface area contributed by atoms with E-state index in [1.165, 1.54) is 31.2 Å². The van der Waals surface area contributed by atoms with Gasteiger partial charge in [-0.2, -0.15) is 0 Å². The van der Waals surface area contributed by atoms with Crippen LogP contribution in [0.1, 0.15) is 45.1 Å². The summed E-state index contributed by atoms with van der Waals surface area (Å²) in [6, 6.07) is 11.9. The van der Waals surface area contributed by atoms with Gasteiger partial charge >= 0.3 is 0 Å². The number of nitrogens with one attached hydrogen (secondary N) is 1. The van der Waals surface area contributed by atoms with Crippen molar-refractivity contribution in [3.63, 3.8) is 0 Å². The van der Waals surface area contributed by atoms with E-state index in [2.05, 4.69) is 29.6 Å². The molecule has 2 heteroatoms. The number of rotatable bonds is 3. The minimum Gasteiger partial charge on any atom is -0.373 e. The molecule has 1 N–H and O–H groups in total. The van der Waals surface area contributed by atoms with E-state index in [0.29, 0.717) is 6.10 Å². The Morgan fingerprint density at radius 3 is 2.28 bits per heavy atom. The average Bonchev–Trinajstić information content (AvgIpc) is 2.79. The molecule has 3 rings (SSSR count). The Bertz CT molecular complexity index is 326. The molecule has 2 nitrogen and oxygen atoms in total. The highest BCUT2D eigenvalue weighted by Gasteiger charge is 2.33. The zero-order valence-corrected chi connectivity index (χ0v) is 11.6. The number of benzene rings is 1. The Kier molecular flexibility index (Phi) is 5.21. The van der Waals surface area contributed by atoms with Gasteiger partial charge in [-0.05, 0) is 31.2 Å². The van der Waals surface area contributed by atoms with E-state index in [-0.39, 0.29) is 0 Å². The summed E-state index contributed by atoms with van der Waals surface area (Å²) in [5, 5.41) is 3.64. The predicted octanol–water partition coefficient (Wildman–Crippen LogP) is 3.51. The van der Waals surface area contributed by atoms with Gasteiger partial charge in [0.2, 0.25) is 0 Å². The Hall–Kier alpha value is -0.860. The summed E-state index contributed by atoms with van der Waals surface area (Å²) in [6.07, 6.45) is 5.55. The highest BCUT2D eigenvalue weighted by atomic mass is 16.5. The van der Waals surface area contributed by atoms with Gasteiger partial charge in [-0.25, -0.2) is 0 Å². The minimum atomic E-state index is 0.471. The molecule has 0 radical (unpaired) electrons. The molecule has 100 valence electrons. The zero-order valence-electron chi connectivity index (χ0n) is 11.6. The third-order valence-electron chi connectivity index (χ3n) is 3.76.